The molecule has 3 aliphatic heterocycles. The number of likely N-dealkylation sites (N-methyl/N-ethyl adjacent to an activating group) is 2. The summed E-state index contributed by atoms with van der Waals surface area (Å²) in [6.45, 7) is 22.5. The fourth-order valence-corrected chi connectivity index (χ4v) is 12.2. The van der Waals surface area contributed by atoms with Gasteiger partial charge in [-0.2, -0.15) is 0 Å². The molecular weight excluding hydrogens is 949 g/mol. The normalized spacial score (nSPS) is 39.4. The van der Waals surface area contributed by atoms with Gasteiger partial charge >= 0.3 is 0 Å². The van der Waals surface area contributed by atoms with Gasteiger partial charge in [-0.15, -0.1) is 5.10 Å². The van der Waals surface area contributed by atoms with E-state index in [4.69, 9.17) is 28.4 Å². The van der Waals surface area contributed by atoms with Crippen LogP contribution in [0.5, 0.6) is 5.75 Å². The lowest BCUT2D eigenvalue weighted by Crippen LogP contribution is -2.62. The molecule has 3 saturated heterocycles. The summed E-state index contributed by atoms with van der Waals surface area (Å²) in [6, 6.07) is 11.2. The van der Waals surface area contributed by atoms with E-state index >= 15 is 0 Å². The maximum absolute atomic E-state index is 13.0. The molecule has 2 unspecified atom stereocenters. The molecule has 3 aliphatic rings. The van der Waals surface area contributed by atoms with Crippen LogP contribution in [-0.2, 0) is 36.6 Å². The topological polar surface area (TPSA) is 227 Å². The number of aliphatic hydroxyl groups is 6. The molecule has 0 radical (unpaired) electrons. The summed E-state index contributed by atoms with van der Waals surface area (Å²) in [5.74, 6) is -1.32. The minimum Gasteiger partial charge on any atom is -0.494 e. The SMILES string of the molecule is CC[C@H]1OC(O)[C@H](C)C([C@H]2C[C@@](C)(OC)[C@@H](O)[C@H](C)O2)[C@H](C)[C@@H](O[C@@H]2O[C@H](C)C[C@H](N(C)CCc3cn(CCCOc4ccc(-c5ccc(C)nc5)cc4)nn3)[C@H]2O)[C@](C)(O)C[C@@H](C)CN(C)[C@H](C)[C@@H](O)[C@]1(C)O. The highest BCUT2D eigenvalue weighted by Gasteiger charge is 2.55. The van der Waals surface area contributed by atoms with Crippen molar-refractivity contribution < 1.29 is 59.1 Å². The Labute approximate surface area is 440 Å². The number of rotatable bonds is 15. The van der Waals surface area contributed by atoms with Crippen molar-refractivity contribution >= 4 is 0 Å². The first-order chi connectivity index (χ1) is 34.8. The van der Waals surface area contributed by atoms with Crippen LogP contribution in [0.4, 0.5) is 0 Å². The van der Waals surface area contributed by atoms with Crippen LogP contribution >= 0.6 is 0 Å². The van der Waals surface area contributed by atoms with Crippen LogP contribution in [0.15, 0.2) is 48.8 Å². The molecule has 6 N–H and O–H groups in total. The highest BCUT2D eigenvalue weighted by Crippen LogP contribution is 2.45. The first kappa shape index (κ1) is 60.0. The average Bonchev–Trinajstić information content (AvgIpc) is 3.82. The quantitative estimate of drug-likeness (QED) is 0.110. The van der Waals surface area contributed by atoms with E-state index in [1.165, 1.54) is 0 Å². The second kappa shape index (κ2) is 25.5. The number of pyridine rings is 1. The predicted molar refractivity (Wildman–Crippen MR) is 281 cm³/mol. The Kier molecular flexibility index (Phi) is 20.7. The second-order valence-electron chi connectivity index (χ2n) is 23.1. The lowest BCUT2D eigenvalue weighted by Gasteiger charge is -2.52. The minimum atomic E-state index is -1.75. The summed E-state index contributed by atoms with van der Waals surface area (Å²) in [5, 5.41) is 81.3. The number of nitrogens with zero attached hydrogens (tertiary/aromatic N) is 6. The van der Waals surface area contributed by atoms with E-state index in [9.17, 15) is 30.6 Å². The van der Waals surface area contributed by atoms with E-state index in [1.807, 2.05) is 122 Å². The van der Waals surface area contributed by atoms with Gasteiger partial charge in [0.15, 0.2) is 12.6 Å². The predicted octanol–water partition coefficient (Wildman–Crippen LogP) is 5.01. The Morgan fingerprint density at radius 3 is 2.22 bits per heavy atom. The second-order valence-corrected chi connectivity index (χ2v) is 23.1. The third-order valence-corrected chi connectivity index (χ3v) is 16.8. The van der Waals surface area contributed by atoms with Gasteiger partial charge in [0, 0.05) is 87.7 Å². The molecule has 418 valence electrons. The van der Waals surface area contributed by atoms with Gasteiger partial charge in [0.05, 0.1) is 54.0 Å². The smallest absolute Gasteiger partial charge is 0.185 e. The van der Waals surface area contributed by atoms with Crippen molar-refractivity contribution in [2.45, 2.75) is 212 Å². The third kappa shape index (κ3) is 14.3. The Hall–Kier alpha value is -3.21. The van der Waals surface area contributed by atoms with Crippen LogP contribution in [0.25, 0.3) is 11.1 Å². The van der Waals surface area contributed by atoms with Crippen LogP contribution in [0.1, 0.15) is 113 Å². The lowest BCUT2D eigenvalue weighted by molar-refractivity contribution is -0.307. The summed E-state index contributed by atoms with van der Waals surface area (Å²) < 4.78 is 40.4. The van der Waals surface area contributed by atoms with Crippen LogP contribution in [-0.4, -0.2) is 192 Å². The van der Waals surface area contributed by atoms with Crippen molar-refractivity contribution in [1.82, 2.24) is 29.8 Å². The first-order valence-corrected chi connectivity index (χ1v) is 27.1. The zero-order valence-corrected chi connectivity index (χ0v) is 46.7. The maximum Gasteiger partial charge on any atom is 0.185 e. The summed E-state index contributed by atoms with van der Waals surface area (Å²) >= 11 is 0. The molecule has 18 heteroatoms. The number of ether oxygens (including phenoxy) is 6. The molecule has 0 bridgehead atoms. The van der Waals surface area contributed by atoms with Gasteiger partial charge in [-0.25, -0.2) is 0 Å². The summed E-state index contributed by atoms with van der Waals surface area (Å²) in [6.07, 6.45) is -3.11. The van der Waals surface area contributed by atoms with Crippen molar-refractivity contribution in [2.24, 2.45) is 23.7 Å². The first-order valence-electron chi connectivity index (χ1n) is 27.1. The summed E-state index contributed by atoms with van der Waals surface area (Å²) in [5.41, 5.74) is -0.384. The fraction of sp³-hybridized carbons (Fsp3) is 0.768. The van der Waals surface area contributed by atoms with Crippen LogP contribution < -0.4 is 4.74 Å². The van der Waals surface area contributed by atoms with E-state index in [-0.39, 0.29) is 30.9 Å². The molecule has 2 aromatic heterocycles. The molecule has 0 spiro atoms. The third-order valence-electron chi connectivity index (χ3n) is 16.8. The van der Waals surface area contributed by atoms with Crippen molar-refractivity contribution in [2.75, 3.05) is 40.9 Å². The molecule has 74 heavy (non-hydrogen) atoms. The number of aromatic nitrogens is 4. The van der Waals surface area contributed by atoms with Crippen molar-refractivity contribution in [3.8, 4) is 16.9 Å². The number of hydrogen-bond donors (Lipinski definition) is 6. The van der Waals surface area contributed by atoms with E-state index < -0.39 is 95.9 Å². The summed E-state index contributed by atoms with van der Waals surface area (Å²) in [7, 11) is 5.40. The van der Waals surface area contributed by atoms with E-state index in [2.05, 4.69) is 26.3 Å². The zero-order chi connectivity index (χ0) is 54.4. The molecule has 1 aromatic carbocycles. The van der Waals surface area contributed by atoms with Crippen molar-refractivity contribution in [1.29, 1.82) is 0 Å². The Morgan fingerprint density at radius 2 is 1.57 bits per heavy atom. The number of aliphatic hydroxyl groups excluding tert-OH is 4. The Bertz CT molecular complexity index is 2170. The zero-order valence-electron chi connectivity index (χ0n) is 46.7. The highest BCUT2D eigenvalue weighted by molar-refractivity contribution is 5.63. The van der Waals surface area contributed by atoms with Gasteiger partial charge in [-0.1, -0.05) is 51.1 Å². The molecule has 3 fully saturated rings. The van der Waals surface area contributed by atoms with Gasteiger partial charge in [0.25, 0.3) is 0 Å². The molecule has 6 rings (SSSR count). The Balaban J connectivity index is 1.18. The largest absolute Gasteiger partial charge is 0.494 e. The van der Waals surface area contributed by atoms with E-state index in [0.29, 0.717) is 45.5 Å². The number of benzene rings is 1. The molecule has 0 aliphatic carbocycles. The van der Waals surface area contributed by atoms with Crippen LogP contribution in [0, 0.1) is 30.6 Å². The molecule has 5 heterocycles. The number of hydrogen-bond acceptors (Lipinski definition) is 17. The van der Waals surface area contributed by atoms with E-state index in [0.717, 1.165) is 34.7 Å². The van der Waals surface area contributed by atoms with Crippen molar-refractivity contribution in [3.05, 3.63) is 60.2 Å². The van der Waals surface area contributed by atoms with Gasteiger partial charge in [-0.3, -0.25) is 9.67 Å². The Morgan fingerprint density at radius 1 is 0.878 bits per heavy atom. The molecular formula is C56H92N6O12. The highest BCUT2D eigenvalue weighted by atomic mass is 16.7. The van der Waals surface area contributed by atoms with Gasteiger partial charge in [-0.05, 0) is 123 Å². The molecule has 19 atom stereocenters. The van der Waals surface area contributed by atoms with Gasteiger partial charge in [0.1, 0.15) is 29.7 Å². The molecule has 3 aromatic rings. The monoisotopic (exact) mass is 1040 g/mol. The van der Waals surface area contributed by atoms with Crippen molar-refractivity contribution in [3.63, 3.8) is 0 Å². The standard InChI is InChI=1S/C56H92N6O12/c1-15-46-56(11,68)49(64)38(7)61(13)31-33(2)28-54(9,67)51(36(5)47(37(6)52(66)73-46)45-29-55(10,69-14)50(65)39(8)72-45)74-53-48(63)44(27-35(4)71-53)60(12)25-23-42-32-62(59-58-42)24-16-26-70-43-21-19-40(20-22-43)41-18-17-34(3)57-30-41/h17-22,30,32-33,35-39,44-53,63-68H,15-16,23-29,31H2,1-14H3/t33-,35-,36+,37-,38-,39+,44+,45-,46-,47?,48-,49-,50+,51-,52?,53+,54-,55-,56-/m1/s1. The molecule has 0 saturated carbocycles. The van der Waals surface area contributed by atoms with Gasteiger partial charge < -0.3 is 68.9 Å². The lowest BCUT2D eigenvalue weighted by atomic mass is 9.68. The summed E-state index contributed by atoms with van der Waals surface area (Å²) in [4.78, 5) is 8.46. The van der Waals surface area contributed by atoms with Gasteiger partial charge in [0.2, 0.25) is 0 Å². The molecule has 18 nitrogen and oxygen atoms in total. The average molecular weight is 1040 g/mol. The van der Waals surface area contributed by atoms with Crippen LogP contribution in [0.2, 0.25) is 0 Å². The maximum atomic E-state index is 13.0. The van der Waals surface area contributed by atoms with E-state index in [1.54, 1.807) is 27.9 Å². The minimum absolute atomic E-state index is 0.150. The molecule has 0 amide bonds. The number of aryl methyl sites for hydroxylation is 2. The number of methoxy groups -OCH3 is 1. The fourth-order valence-electron chi connectivity index (χ4n) is 12.2. The van der Waals surface area contributed by atoms with Crippen LogP contribution in [0.3, 0.4) is 0 Å².